The smallest absolute Gasteiger partial charge is 0.255 e. The third kappa shape index (κ3) is 4.36. The molecule has 0 heterocycles. The van der Waals surface area contributed by atoms with Gasteiger partial charge in [-0.2, -0.15) is 0 Å². The maximum atomic E-state index is 12.4. The summed E-state index contributed by atoms with van der Waals surface area (Å²) in [6.45, 7) is 3.98. The van der Waals surface area contributed by atoms with Gasteiger partial charge in [0.2, 0.25) is 0 Å². The molecule has 0 aliphatic rings. The van der Waals surface area contributed by atoms with E-state index in [0.717, 1.165) is 22.5 Å². The number of carbonyl (C=O) groups excluding carboxylic acids is 2. The van der Waals surface area contributed by atoms with Crippen molar-refractivity contribution in [2.24, 2.45) is 0 Å². The molecule has 0 spiro atoms. The molecule has 3 aromatic carbocycles. The van der Waals surface area contributed by atoms with Crippen molar-refractivity contribution in [3.63, 3.8) is 0 Å². The predicted molar refractivity (Wildman–Crippen MR) is 105 cm³/mol. The molecule has 0 aliphatic carbocycles. The zero-order valence-corrected chi connectivity index (χ0v) is 14.7. The van der Waals surface area contributed by atoms with Crippen LogP contribution in [0.5, 0.6) is 0 Å². The molecular formula is C22H20N2O2. The summed E-state index contributed by atoms with van der Waals surface area (Å²) in [6.07, 6.45) is 0. The Morgan fingerprint density at radius 1 is 0.615 bits per heavy atom. The molecule has 0 radical (unpaired) electrons. The predicted octanol–water partition coefficient (Wildman–Crippen LogP) is 4.81. The van der Waals surface area contributed by atoms with Gasteiger partial charge in [-0.05, 0) is 56.3 Å². The van der Waals surface area contributed by atoms with Crippen molar-refractivity contribution in [3.8, 4) is 0 Å². The third-order valence-electron chi connectivity index (χ3n) is 4.01. The number of nitrogens with one attached hydrogen (secondary N) is 2. The highest BCUT2D eigenvalue weighted by Crippen LogP contribution is 2.14. The Bertz CT molecular complexity index is 854. The molecule has 3 aromatic rings. The molecule has 0 aliphatic heterocycles. The molecule has 0 saturated heterocycles. The number of benzene rings is 3. The van der Waals surface area contributed by atoms with Crippen LogP contribution in [0.2, 0.25) is 0 Å². The summed E-state index contributed by atoms with van der Waals surface area (Å²) in [5, 5.41) is 5.67. The van der Waals surface area contributed by atoms with Crippen LogP contribution < -0.4 is 10.6 Å². The highest BCUT2D eigenvalue weighted by Gasteiger charge is 2.11. The number of aryl methyl sites for hydroxylation is 2. The lowest BCUT2D eigenvalue weighted by Crippen LogP contribution is -2.15. The molecule has 3 rings (SSSR count). The molecule has 0 atom stereocenters. The zero-order valence-electron chi connectivity index (χ0n) is 14.7. The Kier molecular flexibility index (Phi) is 5.13. The summed E-state index contributed by atoms with van der Waals surface area (Å²) in [4.78, 5) is 24.9. The van der Waals surface area contributed by atoms with Crippen LogP contribution in [0.25, 0.3) is 0 Å². The number of anilines is 2. The fraction of sp³-hybridized carbons (Fsp3) is 0.0909. The maximum Gasteiger partial charge on any atom is 0.255 e. The second kappa shape index (κ2) is 7.66. The number of hydrogen-bond donors (Lipinski definition) is 2. The van der Waals surface area contributed by atoms with E-state index in [0.29, 0.717) is 11.1 Å². The van der Waals surface area contributed by atoms with Crippen LogP contribution in [-0.2, 0) is 0 Å². The standard InChI is InChI=1S/C22H20N2O2/c1-15-6-10-19(11-7-15)23-21(25)17-4-3-5-18(14-17)22(26)24-20-12-8-16(2)9-13-20/h3-14H,1-2H3,(H,23,25)(H,24,26). The van der Waals surface area contributed by atoms with Gasteiger partial charge in [0.15, 0.2) is 0 Å². The van der Waals surface area contributed by atoms with Crippen molar-refractivity contribution in [2.75, 3.05) is 10.6 Å². The van der Waals surface area contributed by atoms with Crippen LogP contribution >= 0.6 is 0 Å². The van der Waals surface area contributed by atoms with Crippen LogP contribution in [0.3, 0.4) is 0 Å². The van der Waals surface area contributed by atoms with E-state index in [1.165, 1.54) is 0 Å². The summed E-state index contributed by atoms with van der Waals surface area (Å²) in [5.41, 5.74) is 4.55. The lowest BCUT2D eigenvalue weighted by Gasteiger charge is -2.08. The SMILES string of the molecule is Cc1ccc(NC(=O)c2cccc(C(=O)Nc3ccc(C)cc3)c2)cc1. The number of rotatable bonds is 4. The van der Waals surface area contributed by atoms with Crippen LogP contribution in [0.4, 0.5) is 11.4 Å². The Hall–Kier alpha value is -3.40. The molecule has 4 heteroatoms. The van der Waals surface area contributed by atoms with Gasteiger partial charge in [-0.15, -0.1) is 0 Å². The van der Waals surface area contributed by atoms with Gasteiger partial charge in [-0.3, -0.25) is 9.59 Å². The van der Waals surface area contributed by atoms with Gasteiger partial charge in [0.05, 0.1) is 0 Å². The van der Waals surface area contributed by atoms with Crippen LogP contribution in [-0.4, -0.2) is 11.8 Å². The second-order valence-corrected chi connectivity index (χ2v) is 6.22. The van der Waals surface area contributed by atoms with Crippen LogP contribution in [0, 0.1) is 13.8 Å². The molecule has 0 bridgehead atoms. The summed E-state index contributed by atoms with van der Waals surface area (Å²) in [7, 11) is 0. The molecule has 2 N–H and O–H groups in total. The largest absolute Gasteiger partial charge is 0.322 e. The molecule has 4 nitrogen and oxygen atoms in total. The topological polar surface area (TPSA) is 58.2 Å². The van der Waals surface area contributed by atoms with Crippen molar-refractivity contribution in [3.05, 3.63) is 95.1 Å². The molecule has 0 saturated carbocycles. The first-order valence-electron chi connectivity index (χ1n) is 8.37. The first-order chi connectivity index (χ1) is 12.5. The van der Waals surface area contributed by atoms with E-state index in [4.69, 9.17) is 0 Å². The molecule has 2 amide bonds. The Morgan fingerprint density at radius 2 is 1.00 bits per heavy atom. The number of carbonyl (C=O) groups is 2. The van der Waals surface area contributed by atoms with Crippen LogP contribution in [0.15, 0.2) is 72.8 Å². The van der Waals surface area contributed by atoms with Gasteiger partial charge in [0.1, 0.15) is 0 Å². The highest BCUT2D eigenvalue weighted by atomic mass is 16.2. The molecule has 0 aromatic heterocycles. The van der Waals surface area contributed by atoms with E-state index in [9.17, 15) is 9.59 Å². The van der Waals surface area contributed by atoms with Crippen molar-refractivity contribution in [1.29, 1.82) is 0 Å². The highest BCUT2D eigenvalue weighted by molar-refractivity contribution is 6.08. The first-order valence-corrected chi connectivity index (χ1v) is 8.37. The summed E-state index contributed by atoms with van der Waals surface area (Å²) in [5.74, 6) is -0.502. The average molecular weight is 344 g/mol. The van der Waals surface area contributed by atoms with Gasteiger partial charge in [-0.25, -0.2) is 0 Å². The van der Waals surface area contributed by atoms with Gasteiger partial charge in [-0.1, -0.05) is 41.5 Å². The van der Waals surface area contributed by atoms with E-state index in [-0.39, 0.29) is 11.8 Å². The third-order valence-corrected chi connectivity index (χ3v) is 4.01. The minimum Gasteiger partial charge on any atom is -0.322 e. The summed E-state index contributed by atoms with van der Waals surface area (Å²) in [6, 6.07) is 21.8. The van der Waals surface area contributed by atoms with Gasteiger partial charge in [0, 0.05) is 22.5 Å². The molecular weight excluding hydrogens is 324 g/mol. The minimum absolute atomic E-state index is 0.251. The second-order valence-electron chi connectivity index (χ2n) is 6.22. The van der Waals surface area contributed by atoms with E-state index >= 15 is 0 Å². The lowest BCUT2D eigenvalue weighted by molar-refractivity contribution is 0.102. The van der Waals surface area contributed by atoms with E-state index in [2.05, 4.69) is 10.6 Å². The van der Waals surface area contributed by atoms with E-state index in [1.807, 2.05) is 62.4 Å². The number of amides is 2. The molecule has 0 fully saturated rings. The normalized spacial score (nSPS) is 10.2. The van der Waals surface area contributed by atoms with E-state index in [1.54, 1.807) is 24.3 Å². The van der Waals surface area contributed by atoms with Crippen molar-refractivity contribution < 1.29 is 9.59 Å². The minimum atomic E-state index is -0.251. The van der Waals surface area contributed by atoms with Gasteiger partial charge < -0.3 is 10.6 Å². The fourth-order valence-corrected chi connectivity index (χ4v) is 2.48. The quantitative estimate of drug-likeness (QED) is 0.714. The summed E-state index contributed by atoms with van der Waals surface area (Å²) < 4.78 is 0. The number of hydrogen-bond acceptors (Lipinski definition) is 2. The van der Waals surface area contributed by atoms with Gasteiger partial charge >= 0.3 is 0 Å². The Balaban J connectivity index is 1.72. The Labute approximate surface area is 152 Å². The van der Waals surface area contributed by atoms with Crippen molar-refractivity contribution in [2.45, 2.75) is 13.8 Å². The fourth-order valence-electron chi connectivity index (χ4n) is 2.48. The molecule has 0 unspecified atom stereocenters. The maximum absolute atomic E-state index is 12.4. The monoisotopic (exact) mass is 344 g/mol. The van der Waals surface area contributed by atoms with Crippen molar-refractivity contribution >= 4 is 23.2 Å². The average Bonchev–Trinajstić information content (AvgIpc) is 2.65. The first kappa shape index (κ1) is 17.4. The van der Waals surface area contributed by atoms with Crippen LogP contribution in [0.1, 0.15) is 31.8 Å². The Morgan fingerprint density at radius 3 is 1.38 bits per heavy atom. The lowest BCUT2D eigenvalue weighted by atomic mass is 10.1. The zero-order chi connectivity index (χ0) is 18.5. The van der Waals surface area contributed by atoms with Crippen molar-refractivity contribution in [1.82, 2.24) is 0 Å². The van der Waals surface area contributed by atoms with Gasteiger partial charge in [0.25, 0.3) is 11.8 Å². The summed E-state index contributed by atoms with van der Waals surface area (Å²) >= 11 is 0. The molecule has 26 heavy (non-hydrogen) atoms. The van der Waals surface area contributed by atoms with E-state index < -0.39 is 0 Å². The molecule has 130 valence electrons.